The first-order chi connectivity index (χ1) is 10.6. The average Bonchev–Trinajstić information content (AvgIpc) is 2.97. The number of hydrogen-bond donors (Lipinski definition) is 0. The van der Waals surface area contributed by atoms with E-state index in [1.165, 1.54) is 12.1 Å². The van der Waals surface area contributed by atoms with E-state index in [2.05, 4.69) is 0 Å². The molecule has 0 amide bonds. The number of nitro benzene ring substituents is 1. The van der Waals surface area contributed by atoms with Crippen LogP contribution in [0.5, 0.6) is 11.5 Å². The van der Waals surface area contributed by atoms with Crippen LogP contribution >= 0.6 is 0 Å². The summed E-state index contributed by atoms with van der Waals surface area (Å²) in [7, 11) is 3.15. The summed E-state index contributed by atoms with van der Waals surface area (Å²) < 4.78 is 16.4. The van der Waals surface area contributed by atoms with Crippen molar-refractivity contribution in [2.24, 2.45) is 0 Å². The molecule has 0 saturated carbocycles. The molecule has 0 bridgehead atoms. The quantitative estimate of drug-likeness (QED) is 0.537. The molecule has 1 aromatic heterocycles. The standard InChI is InChI=1S/C16H13NO5/c1-20-12-7-15(21-2)13-9-14(22-16(13)8-12)10-3-5-11(6-4-10)17(18)19/h3-9H,1-2H3. The van der Waals surface area contributed by atoms with Gasteiger partial charge < -0.3 is 13.9 Å². The van der Waals surface area contributed by atoms with E-state index in [1.54, 1.807) is 38.5 Å². The zero-order valence-electron chi connectivity index (χ0n) is 12.0. The lowest BCUT2D eigenvalue weighted by atomic mass is 10.1. The second kappa shape index (κ2) is 5.40. The van der Waals surface area contributed by atoms with Gasteiger partial charge in [-0.15, -0.1) is 0 Å². The van der Waals surface area contributed by atoms with Gasteiger partial charge in [0.15, 0.2) is 0 Å². The number of rotatable bonds is 4. The van der Waals surface area contributed by atoms with Crippen molar-refractivity contribution in [1.82, 2.24) is 0 Å². The van der Waals surface area contributed by atoms with Crippen LogP contribution in [0.1, 0.15) is 0 Å². The van der Waals surface area contributed by atoms with Gasteiger partial charge >= 0.3 is 0 Å². The van der Waals surface area contributed by atoms with Crippen LogP contribution in [0, 0.1) is 10.1 Å². The van der Waals surface area contributed by atoms with Crippen molar-refractivity contribution in [3.8, 4) is 22.8 Å². The van der Waals surface area contributed by atoms with Crippen LogP contribution in [0.3, 0.4) is 0 Å². The molecule has 112 valence electrons. The van der Waals surface area contributed by atoms with Gasteiger partial charge in [-0.2, -0.15) is 0 Å². The summed E-state index contributed by atoms with van der Waals surface area (Å²) in [4.78, 5) is 10.3. The molecule has 0 saturated heterocycles. The summed E-state index contributed by atoms with van der Waals surface area (Å²) in [5.41, 5.74) is 1.42. The van der Waals surface area contributed by atoms with Crippen molar-refractivity contribution in [3.63, 3.8) is 0 Å². The Morgan fingerprint density at radius 2 is 1.77 bits per heavy atom. The Labute approximate surface area is 126 Å². The third-order valence-corrected chi connectivity index (χ3v) is 3.39. The molecule has 0 N–H and O–H groups in total. The molecule has 0 unspecified atom stereocenters. The molecule has 6 nitrogen and oxygen atoms in total. The smallest absolute Gasteiger partial charge is 0.269 e. The minimum absolute atomic E-state index is 0.0408. The van der Waals surface area contributed by atoms with E-state index in [9.17, 15) is 10.1 Å². The van der Waals surface area contributed by atoms with Gasteiger partial charge in [-0.25, -0.2) is 0 Å². The largest absolute Gasteiger partial charge is 0.496 e. The van der Waals surface area contributed by atoms with E-state index in [1.807, 2.05) is 6.07 Å². The van der Waals surface area contributed by atoms with Gasteiger partial charge in [-0.1, -0.05) is 0 Å². The molecular formula is C16H13NO5. The van der Waals surface area contributed by atoms with E-state index in [4.69, 9.17) is 13.9 Å². The van der Waals surface area contributed by atoms with E-state index < -0.39 is 4.92 Å². The number of non-ortho nitro benzene ring substituents is 1. The maximum atomic E-state index is 10.7. The Morgan fingerprint density at radius 3 is 2.36 bits per heavy atom. The van der Waals surface area contributed by atoms with Crippen LogP contribution in [0.25, 0.3) is 22.3 Å². The third kappa shape index (κ3) is 2.35. The minimum Gasteiger partial charge on any atom is -0.496 e. The zero-order valence-corrected chi connectivity index (χ0v) is 12.0. The molecule has 6 heteroatoms. The highest BCUT2D eigenvalue weighted by Gasteiger charge is 2.13. The molecule has 0 aliphatic rings. The summed E-state index contributed by atoms with van der Waals surface area (Å²) in [5.74, 6) is 1.89. The van der Waals surface area contributed by atoms with Gasteiger partial charge in [0, 0.05) is 29.8 Å². The molecule has 0 atom stereocenters. The lowest BCUT2D eigenvalue weighted by Crippen LogP contribution is -1.86. The normalized spacial score (nSPS) is 10.6. The number of nitrogens with zero attached hydrogens (tertiary/aromatic N) is 1. The van der Waals surface area contributed by atoms with E-state index in [0.29, 0.717) is 22.8 Å². The van der Waals surface area contributed by atoms with Gasteiger partial charge in [-0.3, -0.25) is 10.1 Å². The SMILES string of the molecule is COc1cc(OC)c2cc(-c3ccc([N+](=O)[O-])cc3)oc2c1. The highest BCUT2D eigenvalue weighted by molar-refractivity contribution is 5.89. The number of methoxy groups -OCH3 is 2. The third-order valence-electron chi connectivity index (χ3n) is 3.39. The molecule has 3 aromatic rings. The van der Waals surface area contributed by atoms with Gasteiger partial charge in [0.05, 0.1) is 24.5 Å². The van der Waals surface area contributed by atoms with E-state index >= 15 is 0 Å². The summed E-state index contributed by atoms with van der Waals surface area (Å²) in [6.07, 6.45) is 0. The van der Waals surface area contributed by atoms with Crippen LogP contribution in [0.2, 0.25) is 0 Å². The fourth-order valence-electron chi connectivity index (χ4n) is 2.26. The summed E-state index contributed by atoms with van der Waals surface area (Å²) >= 11 is 0. The number of benzene rings is 2. The second-order valence-corrected chi connectivity index (χ2v) is 4.66. The number of nitro groups is 1. The predicted octanol–water partition coefficient (Wildman–Crippen LogP) is 4.03. The molecule has 0 aliphatic heterocycles. The summed E-state index contributed by atoms with van der Waals surface area (Å²) in [5, 5.41) is 11.5. The first-order valence-electron chi connectivity index (χ1n) is 6.53. The Bertz CT molecular complexity index is 836. The highest BCUT2D eigenvalue weighted by atomic mass is 16.6. The molecule has 0 radical (unpaired) electrons. The molecule has 0 spiro atoms. The van der Waals surface area contributed by atoms with Gasteiger partial charge in [-0.05, 0) is 18.2 Å². The Hall–Kier alpha value is -3.02. The maximum absolute atomic E-state index is 10.7. The molecule has 2 aromatic carbocycles. The van der Waals surface area contributed by atoms with Crippen LogP contribution in [0.15, 0.2) is 46.9 Å². The van der Waals surface area contributed by atoms with E-state index in [0.717, 1.165) is 10.9 Å². The number of hydrogen-bond acceptors (Lipinski definition) is 5. The van der Waals surface area contributed by atoms with Crippen LogP contribution in [0.4, 0.5) is 5.69 Å². The first kappa shape index (κ1) is 13.9. The van der Waals surface area contributed by atoms with Gasteiger partial charge in [0.1, 0.15) is 22.8 Å². The fraction of sp³-hybridized carbons (Fsp3) is 0.125. The van der Waals surface area contributed by atoms with Gasteiger partial charge in [0.2, 0.25) is 0 Å². The minimum atomic E-state index is -0.434. The lowest BCUT2D eigenvalue weighted by Gasteiger charge is -2.04. The van der Waals surface area contributed by atoms with Crippen molar-refractivity contribution in [2.75, 3.05) is 14.2 Å². The fourth-order valence-corrected chi connectivity index (χ4v) is 2.26. The van der Waals surface area contributed by atoms with Crippen molar-refractivity contribution < 1.29 is 18.8 Å². The summed E-state index contributed by atoms with van der Waals surface area (Å²) in [6.45, 7) is 0. The Morgan fingerprint density at radius 1 is 1.05 bits per heavy atom. The summed E-state index contributed by atoms with van der Waals surface area (Å²) in [6, 6.07) is 11.6. The van der Waals surface area contributed by atoms with Crippen LogP contribution in [-0.2, 0) is 0 Å². The lowest BCUT2D eigenvalue weighted by molar-refractivity contribution is -0.384. The van der Waals surface area contributed by atoms with Crippen LogP contribution in [-0.4, -0.2) is 19.1 Å². The molecular weight excluding hydrogens is 286 g/mol. The highest BCUT2D eigenvalue weighted by Crippen LogP contribution is 2.36. The topological polar surface area (TPSA) is 74.7 Å². The maximum Gasteiger partial charge on any atom is 0.269 e. The Kier molecular flexibility index (Phi) is 3.42. The van der Waals surface area contributed by atoms with Crippen molar-refractivity contribution in [3.05, 3.63) is 52.6 Å². The molecule has 0 fully saturated rings. The average molecular weight is 299 g/mol. The van der Waals surface area contributed by atoms with Crippen LogP contribution < -0.4 is 9.47 Å². The predicted molar refractivity (Wildman–Crippen MR) is 81.4 cm³/mol. The molecule has 22 heavy (non-hydrogen) atoms. The number of fused-ring (bicyclic) bond motifs is 1. The van der Waals surface area contributed by atoms with Crippen molar-refractivity contribution >= 4 is 16.7 Å². The number of ether oxygens (including phenoxy) is 2. The number of furan rings is 1. The first-order valence-corrected chi connectivity index (χ1v) is 6.53. The molecule has 0 aliphatic carbocycles. The van der Waals surface area contributed by atoms with Crippen molar-refractivity contribution in [1.29, 1.82) is 0 Å². The van der Waals surface area contributed by atoms with Gasteiger partial charge in [0.25, 0.3) is 5.69 Å². The second-order valence-electron chi connectivity index (χ2n) is 4.66. The Balaban J connectivity index is 2.09. The van der Waals surface area contributed by atoms with Crippen molar-refractivity contribution in [2.45, 2.75) is 0 Å². The molecule has 3 rings (SSSR count). The monoisotopic (exact) mass is 299 g/mol. The zero-order chi connectivity index (χ0) is 15.7. The molecule has 1 heterocycles. The van der Waals surface area contributed by atoms with E-state index in [-0.39, 0.29) is 5.69 Å².